The standard InChI is InChI=1S/C19H30O/c20-18(10-15-5-11-1-2-14(15)4-11)19-16-6-12-3-13(8-16)9-17(19)7-12/h11-20H,1-10H2. The van der Waals surface area contributed by atoms with Gasteiger partial charge < -0.3 is 5.11 Å². The number of aliphatic hydroxyl groups excluding tert-OH is 1. The molecule has 0 spiro atoms. The summed E-state index contributed by atoms with van der Waals surface area (Å²) in [6.07, 6.45) is 14.5. The fourth-order valence-electron chi connectivity index (χ4n) is 7.73. The van der Waals surface area contributed by atoms with E-state index in [0.717, 1.165) is 47.8 Å². The number of hydrogen-bond acceptors (Lipinski definition) is 1. The van der Waals surface area contributed by atoms with E-state index < -0.39 is 0 Å². The van der Waals surface area contributed by atoms with E-state index in [-0.39, 0.29) is 6.10 Å². The molecule has 0 aromatic carbocycles. The Morgan fingerprint density at radius 3 is 1.90 bits per heavy atom. The monoisotopic (exact) mass is 274 g/mol. The van der Waals surface area contributed by atoms with Crippen molar-refractivity contribution in [3.8, 4) is 0 Å². The number of hydrogen-bond donors (Lipinski definition) is 1. The van der Waals surface area contributed by atoms with Crippen LogP contribution in [0.3, 0.4) is 0 Å². The number of fused-ring (bicyclic) bond motifs is 2. The lowest BCUT2D eigenvalue weighted by Crippen LogP contribution is -2.49. The predicted molar refractivity (Wildman–Crippen MR) is 80.1 cm³/mol. The van der Waals surface area contributed by atoms with Crippen LogP contribution < -0.4 is 0 Å². The highest BCUT2D eigenvalue weighted by Crippen LogP contribution is 2.58. The van der Waals surface area contributed by atoms with Crippen molar-refractivity contribution in [3.63, 3.8) is 0 Å². The first-order chi connectivity index (χ1) is 9.76. The van der Waals surface area contributed by atoms with Gasteiger partial charge in [-0.2, -0.15) is 0 Å². The summed E-state index contributed by atoms with van der Waals surface area (Å²) in [5, 5.41) is 11.0. The normalized spacial score (nSPS) is 57.5. The molecule has 0 aromatic heterocycles. The first-order valence-corrected chi connectivity index (χ1v) is 9.44. The molecule has 6 aliphatic rings. The molecule has 0 amide bonds. The van der Waals surface area contributed by atoms with E-state index in [1.807, 2.05) is 0 Å². The van der Waals surface area contributed by atoms with Crippen LogP contribution in [0, 0.1) is 47.3 Å². The molecule has 6 bridgehead atoms. The van der Waals surface area contributed by atoms with Crippen LogP contribution in [0.15, 0.2) is 0 Å². The van der Waals surface area contributed by atoms with Crippen LogP contribution in [-0.2, 0) is 0 Å². The molecule has 0 aliphatic heterocycles. The van der Waals surface area contributed by atoms with Crippen molar-refractivity contribution in [1.29, 1.82) is 0 Å². The van der Waals surface area contributed by atoms with Crippen molar-refractivity contribution in [2.75, 3.05) is 0 Å². The Balaban J connectivity index is 1.28. The zero-order valence-corrected chi connectivity index (χ0v) is 12.7. The number of aliphatic hydroxyl groups is 1. The maximum Gasteiger partial charge on any atom is 0.0576 e. The molecular formula is C19H30O. The summed E-state index contributed by atoms with van der Waals surface area (Å²) >= 11 is 0. The Bertz CT molecular complexity index is 361. The number of rotatable bonds is 3. The zero-order chi connectivity index (χ0) is 13.3. The van der Waals surface area contributed by atoms with Gasteiger partial charge in [0, 0.05) is 0 Å². The van der Waals surface area contributed by atoms with Gasteiger partial charge in [0.25, 0.3) is 0 Å². The van der Waals surface area contributed by atoms with Crippen molar-refractivity contribution in [2.45, 2.75) is 70.3 Å². The molecule has 0 aromatic rings. The molecule has 6 saturated carbocycles. The minimum atomic E-state index is 0.0503. The SMILES string of the molecule is OC(CC1CC2CCC1C2)C1C2CC3CC(C2)CC1C3. The largest absolute Gasteiger partial charge is 0.393 e. The van der Waals surface area contributed by atoms with Crippen molar-refractivity contribution < 1.29 is 5.11 Å². The zero-order valence-electron chi connectivity index (χ0n) is 12.7. The van der Waals surface area contributed by atoms with Gasteiger partial charge in [0.15, 0.2) is 0 Å². The molecule has 1 N–H and O–H groups in total. The highest BCUT2D eigenvalue weighted by Gasteiger charge is 2.51. The molecule has 0 radical (unpaired) electrons. The maximum absolute atomic E-state index is 11.0. The Kier molecular flexibility index (Phi) is 2.80. The van der Waals surface area contributed by atoms with Crippen LogP contribution in [0.5, 0.6) is 0 Å². The van der Waals surface area contributed by atoms with E-state index in [2.05, 4.69) is 0 Å². The summed E-state index contributed by atoms with van der Waals surface area (Å²) in [6.45, 7) is 0. The minimum Gasteiger partial charge on any atom is -0.393 e. The molecule has 1 heteroatoms. The summed E-state index contributed by atoms with van der Waals surface area (Å²) in [7, 11) is 0. The molecule has 4 atom stereocenters. The first-order valence-electron chi connectivity index (χ1n) is 9.44. The fourth-order valence-corrected chi connectivity index (χ4v) is 7.73. The van der Waals surface area contributed by atoms with Crippen LogP contribution in [0.4, 0.5) is 0 Å². The Hall–Kier alpha value is -0.0400. The van der Waals surface area contributed by atoms with Gasteiger partial charge in [-0.25, -0.2) is 0 Å². The smallest absolute Gasteiger partial charge is 0.0576 e. The van der Waals surface area contributed by atoms with Crippen molar-refractivity contribution in [1.82, 2.24) is 0 Å². The molecule has 6 rings (SSSR count). The average Bonchev–Trinajstić information content (AvgIpc) is 2.99. The van der Waals surface area contributed by atoms with E-state index >= 15 is 0 Å². The predicted octanol–water partition coefficient (Wildman–Crippen LogP) is 4.25. The van der Waals surface area contributed by atoms with Gasteiger partial charge in [-0.05, 0) is 105 Å². The molecular weight excluding hydrogens is 244 g/mol. The van der Waals surface area contributed by atoms with E-state index in [4.69, 9.17) is 0 Å². The topological polar surface area (TPSA) is 20.2 Å². The van der Waals surface area contributed by atoms with E-state index in [9.17, 15) is 5.11 Å². The second-order valence-corrected chi connectivity index (χ2v) is 9.25. The minimum absolute atomic E-state index is 0.0503. The van der Waals surface area contributed by atoms with E-state index in [1.54, 1.807) is 0 Å². The molecule has 0 heterocycles. The third kappa shape index (κ3) is 1.84. The van der Waals surface area contributed by atoms with Gasteiger partial charge >= 0.3 is 0 Å². The van der Waals surface area contributed by atoms with Crippen LogP contribution >= 0.6 is 0 Å². The summed E-state index contributed by atoms with van der Waals surface area (Å²) in [5.41, 5.74) is 0. The van der Waals surface area contributed by atoms with E-state index in [1.165, 1.54) is 57.8 Å². The van der Waals surface area contributed by atoms with Crippen LogP contribution in [-0.4, -0.2) is 11.2 Å². The van der Waals surface area contributed by atoms with Gasteiger partial charge in [0.05, 0.1) is 6.10 Å². The second kappa shape index (κ2) is 4.48. The molecule has 4 unspecified atom stereocenters. The molecule has 6 fully saturated rings. The van der Waals surface area contributed by atoms with Crippen molar-refractivity contribution in [3.05, 3.63) is 0 Å². The van der Waals surface area contributed by atoms with E-state index in [0.29, 0.717) is 5.92 Å². The van der Waals surface area contributed by atoms with Gasteiger partial charge in [-0.15, -0.1) is 0 Å². The third-order valence-corrected chi connectivity index (χ3v) is 8.17. The third-order valence-electron chi connectivity index (χ3n) is 8.17. The summed E-state index contributed by atoms with van der Waals surface area (Å²) in [6, 6.07) is 0. The lowest BCUT2D eigenvalue weighted by Gasteiger charge is -2.56. The molecule has 1 nitrogen and oxygen atoms in total. The summed E-state index contributed by atoms with van der Waals surface area (Å²) in [4.78, 5) is 0. The van der Waals surface area contributed by atoms with Gasteiger partial charge in [0.2, 0.25) is 0 Å². The second-order valence-electron chi connectivity index (χ2n) is 9.25. The first kappa shape index (κ1) is 12.5. The van der Waals surface area contributed by atoms with Crippen molar-refractivity contribution in [2.24, 2.45) is 47.3 Å². The van der Waals surface area contributed by atoms with Crippen LogP contribution in [0.1, 0.15) is 64.2 Å². The van der Waals surface area contributed by atoms with Crippen LogP contribution in [0.25, 0.3) is 0 Å². The molecule has 112 valence electrons. The highest BCUT2D eigenvalue weighted by atomic mass is 16.3. The van der Waals surface area contributed by atoms with Gasteiger partial charge in [-0.1, -0.05) is 6.42 Å². The Labute approximate surface area is 123 Å². The molecule has 6 aliphatic carbocycles. The van der Waals surface area contributed by atoms with Gasteiger partial charge in [-0.3, -0.25) is 0 Å². The molecule has 0 saturated heterocycles. The maximum atomic E-state index is 11.0. The quantitative estimate of drug-likeness (QED) is 0.816. The fraction of sp³-hybridized carbons (Fsp3) is 1.00. The van der Waals surface area contributed by atoms with Crippen LogP contribution in [0.2, 0.25) is 0 Å². The summed E-state index contributed by atoms with van der Waals surface area (Å²) < 4.78 is 0. The lowest BCUT2D eigenvalue weighted by molar-refractivity contribution is -0.0961. The average molecular weight is 274 g/mol. The van der Waals surface area contributed by atoms with Gasteiger partial charge in [0.1, 0.15) is 0 Å². The highest BCUT2D eigenvalue weighted by molar-refractivity contribution is 5.01. The van der Waals surface area contributed by atoms with Crippen molar-refractivity contribution >= 4 is 0 Å². The molecule has 20 heavy (non-hydrogen) atoms. The lowest BCUT2D eigenvalue weighted by atomic mass is 9.50. The summed E-state index contributed by atoms with van der Waals surface area (Å²) in [5.74, 6) is 7.51. The Morgan fingerprint density at radius 1 is 0.700 bits per heavy atom. The Morgan fingerprint density at radius 2 is 1.35 bits per heavy atom.